The molecule has 0 fully saturated rings. The number of nitrogens with two attached hydrogens (primary N) is 2. The summed E-state index contributed by atoms with van der Waals surface area (Å²) in [6.07, 6.45) is 1.49. The number of halogens is 1. The van der Waals surface area contributed by atoms with Crippen molar-refractivity contribution < 1.29 is 9.47 Å². The van der Waals surface area contributed by atoms with Crippen LogP contribution in [0.3, 0.4) is 0 Å². The van der Waals surface area contributed by atoms with E-state index in [0.717, 1.165) is 10.0 Å². The molecule has 1 aromatic carbocycles. The van der Waals surface area contributed by atoms with Crippen molar-refractivity contribution in [3.63, 3.8) is 0 Å². The standard InChI is InChI=1S/C10H13BrN4O2/c1-16-8-4-9(17-2)7(11)3-6(8)5-14-15-10(12)13/h3-5H,1-2H3,(H4,12,13,15)/b14-5-. The van der Waals surface area contributed by atoms with Gasteiger partial charge >= 0.3 is 0 Å². The summed E-state index contributed by atoms with van der Waals surface area (Å²) in [4.78, 5) is 0. The molecule has 92 valence electrons. The van der Waals surface area contributed by atoms with Gasteiger partial charge in [0.1, 0.15) is 11.5 Å². The Hall–Kier alpha value is -1.76. The van der Waals surface area contributed by atoms with Crippen molar-refractivity contribution in [2.75, 3.05) is 14.2 Å². The first-order chi connectivity index (χ1) is 8.08. The van der Waals surface area contributed by atoms with Crippen LogP contribution in [-0.4, -0.2) is 26.4 Å². The molecule has 0 unspecified atom stereocenters. The number of methoxy groups -OCH3 is 2. The van der Waals surface area contributed by atoms with Gasteiger partial charge in [0.15, 0.2) is 0 Å². The maximum atomic E-state index is 5.20. The Labute approximate surface area is 107 Å². The van der Waals surface area contributed by atoms with Crippen molar-refractivity contribution in [3.8, 4) is 11.5 Å². The fraction of sp³-hybridized carbons (Fsp3) is 0.200. The van der Waals surface area contributed by atoms with E-state index in [9.17, 15) is 0 Å². The summed E-state index contributed by atoms with van der Waals surface area (Å²) >= 11 is 3.36. The van der Waals surface area contributed by atoms with Crippen LogP contribution < -0.4 is 20.9 Å². The van der Waals surface area contributed by atoms with Gasteiger partial charge in [-0.3, -0.25) is 0 Å². The van der Waals surface area contributed by atoms with Crippen molar-refractivity contribution in [2.45, 2.75) is 0 Å². The Morgan fingerprint density at radius 1 is 1.24 bits per heavy atom. The van der Waals surface area contributed by atoms with E-state index in [2.05, 4.69) is 26.1 Å². The molecule has 4 N–H and O–H groups in total. The van der Waals surface area contributed by atoms with E-state index in [1.165, 1.54) is 6.21 Å². The highest BCUT2D eigenvalue weighted by molar-refractivity contribution is 9.10. The van der Waals surface area contributed by atoms with E-state index in [4.69, 9.17) is 20.9 Å². The van der Waals surface area contributed by atoms with Crippen molar-refractivity contribution in [1.82, 2.24) is 0 Å². The summed E-state index contributed by atoms with van der Waals surface area (Å²) in [6, 6.07) is 3.53. The Morgan fingerprint density at radius 2 is 1.88 bits per heavy atom. The second-order valence-electron chi connectivity index (χ2n) is 3.00. The third-order valence-electron chi connectivity index (χ3n) is 1.87. The molecular weight excluding hydrogens is 288 g/mol. The normalized spacial score (nSPS) is 10.3. The summed E-state index contributed by atoms with van der Waals surface area (Å²) < 4.78 is 11.1. The first kappa shape index (κ1) is 13.3. The molecule has 0 saturated carbocycles. The molecule has 0 bridgehead atoms. The molecule has 17 heavy (non-hydrogen) atoms. The van der Waals surface area contributed by atoms with E-state index in [1.54, 1.807) is 26.4 Å². The van der Waals surface area contributed by atoms with Crippen LogP contribution in [0, 0.1) is 0 Å². The zero-order chi connectivity index (χ0) is 12.8. The van der Waals surface area contributed by atoms with Gasteiger partial charge in [0.25, 0.3) is 0 Å². The van der Waals surface area contributed by atoms with Crippen molar-refractivity contribution in [2.24, 2.45) is 21.7 Å². The van der Waals surface area contributed by atoms with Gasteiger partial charge in [-0.15, -0.1) is 5.10 Å². The second-order valence-corrected chi connectivity index (χ2v) is 3.85. The molecular formula is C10H13BrN4O2. The van der Waals surface area contributed by atoms with Gasteiger partial charge in [-0.2, -0.15) is 5.10 Å². The summed E-state index contributed by atoms with van der Waals surface area (Å²) in [6.45, 7) is 0. The molecule has 1 aromatic rings. The van der Waals surface area contributed by atoms with Gasteiger partial charge in [-0.05, 0) is 22.0 Å². The van der Waals surface area contributed by atoms with E-state index < -0.39 is 0 Å². The Balaban J connectivity index is 3.11. The van der Waals surface area contributed by atoms with Gasteiger partial charge < -0.3 is 20.9 Å². The SMILES string of the molecule is COc1cc(OC)c(/C=N\N=C(N)N)cc1Br. The third-order valence-corrected chi connectivity index (χ3v) is 2.49. The Morgan fingerprint density at radius 3 is 2.41 bits per heavy atom. The highest BCUT2D eigenvalue weighted by atomic mass is 79.9. The van der Waals surface area contributed by atoms with Crippen LogP contribution in [0.5, 0.6) is 11.5 Å². The summed E-state index contributed by atoms with van der Waals surface area (Å²) in [5.41, 5.74) is 11.0. The van der Waals surface area contributed by atoms with Crippen LogP contribution in [0.2, 0.25) is 0 Å². The van der Waals surface area contributed by atoms with Crippen molar-refractivity contribution >= 4 is 28.1 Å². The number of hydrogen-bond donors (Lipinski definition) is 2. The van der Waals surface area contributed by atoms with Crippen LogP contribution in [-0.2, 0) is 0 Å². The molecule has 0 amide bonds. The summed E-state index contributed by atoms with van der Waals surface area (Å²) in [5, 5.41) is 7.22. The number of benzene rings is 1. The minimum atomic E-state index is -0.104. The third kappa shape index (κ3) is 3.63. The van der Waals surface area contributed by atoms with Crippen molar-refractivity contribution in [1.29, 1.82) is 0 Å². The molecule has 0 saturated heterocycles. The number of rotatable bonds is 4. The van der Waals surface area contributed by atoms with E-state index in [1.807, 2.05) is 0 Å². The molecule has 0 aliphatic heterocycles. The molecule has 6 nitrogen and oxygen atoms in total. The molecule has 0 aromatic heterocycles. The van der Waals surface area contributed by atoms with Crippen LogP contribution >= 0.6 is 15.9 Å². The van der Waals surface area contributed by atoms with Gasteiger partial charge in [-0.1, -0.05) is 0 Å². The molecule has 0 radical (unpaired) electrons. The predicted molar refractivity (Wildman–Crippen MR) is 70.6 cm³/mol. The average Bonchev–Trinajstić information content (AvgIpc) is 2.29. The summed E-state index contributed by atoms with van der Waals surface area (Å²) in [5.74, 6) is 1.17. The zero-order valence-electron chi connectivity index (χ0n) is 9.48. The van der Waals surface area contributed by atoms with Crippen LogP contribution in [0.25, 0.3) is 0 Å². The predicted octanol–water partition coefficient (Wildman–Crippen LogP) is 1.07. The molecule has 0 atom stereocenters. The monoisotopic (exact) mass is 300 g/mol. The van der Waals surface area contributed by atoms with Gasteiger partial charge in [0.2, 0.25) is 5.96 Å². The first-order valence-corrected chi connectivity index (χ1v) is 5.41. The van der Waals surface area contributed by atoms with Crippen LogP contribution in [0.15, 0.2) is 26.8 Å². The zero-order valence-corrected chi connectivity index (χ0v) is 11.1. The lowest BCUT2D eigenvalue weighted by Crippen LogP contribution is -2.21. The maximum absolute atomic E-state index is 5.20. The van der Waals surface area contributed by atoms with E-state index >= 15 is 0 Å². The Kier molecular flexibility index (Phi) is 4.77. The number of ether oxygens (including phenoxy) is 2. The minimum absolute atomic E-state index is 0.104. The van der Waals surface area contributed by atoms with Gasteiger partial charge in [0, 0.05) is 11.6 Å². The fourth-order valence-electron chi connectivity index (χ4n) is 1.14. The lowest BCUT2D eigenvalue weighted by atomic mass is 10.2. The highest BCUT2D eigenvalue weighted by Crippen LogP contribution is 2.31. The Bertz CT molecular complexity index is 456. The second kappa shape index (κ2) is 6.09. The summed E-state index contributed by atoms with van der Waals surface area (Å²) in [7, 11) is 3.13. The molecule has 0 aliphatic carbocycles. The molecule has 0 heterocycles. The smallest absolute Gasteiger partial charge is 0.211 e. The fourth-order valence-corrected chi connectivity index (χ4v) is 1.66. The topological polar surface area (TPSA) is 95.2 Å². The van der Waals surface area contributed by atoms with Gasteiger partial charge in [0.05, 0.1) is 24.9 Å². The number of nitrogens with zero attached hydrogens (tertiary/aromatic N) is 2. The molecule has 1 rings (SSSR count). The lowest BCUT2D eigenvalue weighted by Gasteiger charge is -2.08. The molecule has 0 aliphatic rings. The number of hydrogen-bond acceptors (Lipinski definition) is 4. The van der Waals surface area contributed by atoms with Crippen molar-refractivity contribution in [3.05, 3.63) is 22.2 Å². The lowest BCUT2D eigenvalue weighted by molar-refractivity contribution is 0.392. The van der Waals surface area contributed by atoms with E-state index in [0.29, 0.717) is 11.5 Å². The minimum Gasteiger partial charge on any atom is -0.496 e. The van der Waals surface area contributed by atoms with Crippen LogP contribution in [0.1, 0.15) is 5.56 Å². The highest BCUT2D eigenvalue weighted by Gasteiger charge is 2.07. The van der Waals surface area contributed by atoms with Crippen LogP contribution in [0.4, 0.5) is 0 Å². The van der Waals surface area contributed by atoms with E-state index in [-0.39, 0.29) is 5.96 Å². The average molecular weight is 301 g/mol. The number of guanidine groups is 1. The maximum Gasteiger partial charge on any atom is 0.211 e. The van der Waals surface area contributed by atoms with Gasteiger partial charge in [-0.25, -0.2) is 0 Å². The quantitative estimate of drug-likeness (QED) is 0.494. The molecule has 0 spiro atoms. The first-order valence-electron chi connectivity index (χ1n) is 4.62. The largest absolute Gasteiger partial charge is 0.496 e. The molecule has 7 heteroatoms.